The Bertz CT molecular complexity index is 899. The van der Waals surface area contributed by atoms with Crippen LogP contribution in [0, 0.1) is 5.92 Å². The molecule has 1 aliphatic rings. The Labute approximate surface area is 188 Å². The first-order valence-electron chi connectivity index (χ1n) is 10.9. The van der Waals surface area contributed by atoms with Gasteiger partial charge in [0.05, 0.1) is 6.61 Å². The lowest BCUT2D eigenvalue weighted by Gasteiger charge is -2.34. The second-order valence-corrected chi connectivity index (χ2v) is 8.93. The highest BCUT2D eigenvalue weighted by molar-refractivity contribution is 5.96. The van der Waals surface area contributed by atoms with E-state index in [4.69, 9.17) is 9.84 Å². The topological polar surface area (TPSA) is 78.9 Å². The number of carbonyl (C=O) groups is 2. The van der Waals surface area contributed by atoms with Crippen LogP contribution in [0.3, 0.4) is 0 Å². The van der Waals surface area contributed by atoms with Gasteiger partial charge in [-0.2, -0.15) is 0 Å². The van der Waals surface area contributed by atoms with E-state index in [1.165, 1.54) is 0 Å². The van der Waals surface area contributed by atoms with Gasteiger partial charge in [0.25, 0.3) is 5.91 Å². The van der Waals surface area contributed by atoms with Crippen molar-refractivity contribution in [2.75, 3.05) is 32.8 Å². The molecule has 7 heteroatoms. The van der Waals surface area contributed by atoms with Gasteiger partial charge in [-0.05, 0) is 81.1 Å². The first-order chi connectivity index (χ1) is 15.2. The lowest BCUT2D eigenvalue weighted by molar-refractivity contribution is -0.135. The molecule has 1 aliphatic heterocycles. The third kappa shape index (κ3) is 7.34. The van der Waals surface area contributed by atoms with Crippen molar-refractivity contribution >= 4 is 11.9 Å². The Morgan fingerprint density at radius 2 is 1.62 bits per heavy atom. The van der Waals surface area contributed by atoms with Crippen LogP contribution in [-0.2, 0) is 4.79 Å². The summed E-state index contributed by atoms with van der Waals surface area (Å²) >= 11 is 0. The molecule has 0 bridgehead atoms. The first kappa shape index (κ1) is 23.7. The summed E-state index contributed by atoms with van der Waals surface area (Å²) in [5.74, 6) is -0.204. The predicted octanol–water partition coefficient (Wildman–Crippen LogP) is 4.01. The number of halogens is 1. The molecule has 0 spiro atoms. The van der Waals surface area contributed by atoms with Gasteiger partial charge >= 0.3 is 5.97 Å². The number of carboxylic acids is 1. The maximum absolute atomic E-state index is 13.8. The van der Waals surface area contributed by atoms with E-state index in [0.29, 0.717) is 24.6 Å². The summed E-state index contributed by atoms with van der Waals surface area (Å²) in [5.41, 5.74) is 1.21. The SMILES string of the molecule is CC(C)(F)CN1CCC(COc2ccc(-c3ccc(C(=O)NCC(=O)O)cc3)cc2)CC1. The zero-order valence-corrected chi connectivity index (χ0v) is 18.6. The molecule has 1 amide bonds. The molecule has 6 nitrogen and oxygen atoms in total. The van der Waals surface area contributed by atoms with Gasteiger partial charge in [-0.1, -0.05) is 24.3 Å². The second-order valence-electron chi connectivity index (χ2n) is 8.93. The van der Waals surface area contributed by atoms with Crippen LogP contribution in [0.4, 0.5) is 4.39 Å². The highest BCUT2D eigenvalue weighted by atomic mass is 19.1. The maximum Gasteiger partial charge on any atom is 0.322 e. The van der Waals surface area contributed by atoms with Crippen LogP contribution < -0.4 is 10.1 Å². The smallest absolute Gasteiger partial charge is 0.322 e. The number of carbonyl (C=O) groups excluding carboxylic acids is 1. The number of carboxylic acid groups (broad SMARTS) is 1. The van der Waals surface area contributed by atoms with Gasteiger partial charge in [-0.15, -0.1) is 0 Å². The molecular formula is C25H31FN2O4. The summed E-state index contributed by atoms with van der Waals surface area (Å²) < 4.78 is 19.8. The van der Waals surface area contributed by atoms with E-state index < -0.39 is 24.1 Å². The normalized spacial score (nSPS) is 15.3. The number of benzene rings is 2. The van der Waals surface area contributed by atoms with Gasteiger partial charge < -0.3 is 20.1 Å². The maximum atomic E-state index is 13.8. The van der Waals surface area contributed by atoms with Gasteiger partial charge in [0.1, 0.15) is 18.0 Å². The molecule has 1 fully saturated rings. The van der Waals surface area contributed by atoms with E-state index in [1.54, 1.807) is 26.0 Å². The largest absolute Gasteiger partial charge is 0.493 e. The van der Waals surface area contributed by atoms with Crippen molar-refractivity contribution < 1.29 is 23.8 Å². The summed E-state index contributed by atoms with van der Waals surface area (Å²) in [6.45, 7) is 5.80. The molecule has 1 heterocycles. The van der Waals surface area contributed by atoms with Crippen LogP contribution in [0.15, 0.2) is 48.5 Å². The van der Waals surface area contributed by atoms with Crippen LogP contribution in [0.1, 0.15) is 37.0 Å². The van der Waals surface area contributed by atoms with Gasteiger partial charge in [0.15, 0.2) is 0 Å². The molecule has 2 aromatic rings. The lowest BCUT2D eigenvalue weighted by Crippen LogP contribution is -2.41. The van der Waals surface area contributed by atoms with E-state index in [2.05, 4.69) is 10.2 Å². The average Bonchev–Trinajstić information content (AvgIpc) is 2.76. The number of nitrogens with zero attached hydrogens (tertiary/aromatic N) is 1. The van der Waals surface area contributed by atoms with E-state index in [1.807, 2.05) is 36.4 Å². The van der Waals surface area contributed by atoms with Crippen LogP contribution in [0.2, 0.25) is 0 Å². The molecule has 0 atom stereocenters. The van der Waals surface area contributed by atoms with Crippen molar-refractivity contribution in [3.05, 3.63) is 54.1 Å². The molecule has 2 aromatic carbocycles. The molecule has 2 N–H and O–H groups in total. The summed E-state index contributed by atoms with van der Waals surface area (Å²) in [5, 5.41) is 11.0. The van der Waals surface area contributed by atoms with Crippen molar-refractivity contribution in [1.82, 2.24) is 10.2 Å². The van der Waals surface area contributed by atoms with Crippen LogP contribution in [0.25, 0.3) is 11.1 Å². The number of hydrogen-bond acceptors (Lipinski definition) is 4. The number of rotatable bonds is 9. The number of likely N-dealkylation sites (tertiary alicyclic amines) is 1. The third-order valence-corrected chi connectivity index (χ3v) is 5.53. The van der Waals surface area contributed by atoms with Crippen LogP contribution in [0.5, 0.6) is 5.75 Å². The minimum atomic E-state index is -1.15. The molecule has 0 radical (unpaired) electrons. The Morgan fingerprint density at radius 3 is 2.16 bits per heavy atom. The van der Waals surface area contributed by atoms with E-state index >= 15 is 0 Å². The van der Waals surface area contributed by atoms with Crippen molar-refractivity contribution in [1.29, 1.82) is 0 Å². The monoisotopic (exact) mass is 442 g/mol. The third-order valence-electron chi connectivity index (χ3n) is 5.53. The summed E-state index contributed by atoms with van der Waals surface area (Å²) in [6, 6.07) is 14.8. The van der Waals surface area contributed by atoms with Gasteiger partial charge in [0, 0.05) is 12.1 Å². The summed E-state index contributed by atoms with van der Waals surface area (Å²) in [6.07, 6.45) is 2.03. The zero-order chi connectivity index (χ0) is 23.1. The lowest BCUT2D eigenvalue weighted by atomic mass is 9.97. The van der Waals surface area contributed by atoms with Gasteiger partial charge in [-0.3, -0.25) is 9.59 Å². The van der Waals surface area contributed by atoms with E-state index in [9.17, 15) is 14.0 Å². The molecule has 0 aliphatic carbocycles. The highest BCUT2D eigenvalue weighted by Gasteiger charge is 2.25. The number of aliphatic carboxylic acids is 1. The molecule has 3 rings (SSSR count). The van der Waals surface area contributed by atoms with E-state index in [-0.39, 0.29) is 0 Å². The fourth-order valence-corrected chi connectivity index (χ4v) is 3.87. The molecule has 0 saturated carbocycles. The quantitative estimate of drug-likeness (QED) is 0.614. The number of nitrogens with one attached hydrogen (secondary N) is 1. The van der Waals surface area contributed by atoms with Gasteiger partial charge in [-0.25, -0.2) is 4.39 Å². The zero-order valence-electron chi connectivity index (χ0n) is 18.6. The van der Waals surface area contributed by atoms with Crippen LogP contribution >= 0.6 is 0 Å². The fraction of sp³-hybridized carbons (Fsp3) is 0.440. The first-order valence-corrected chi connectivity index (χ1v) is 10.9. The van der Waals surface area contributed by atoms with Crippen molar-refractivity contribution in [3.8, 4) is 16.9 Å². The Kier molecular flexibility index (Phi) is 7.85. The van der Waals surface area contributed by atoms with Gasteiger partial charge in [0.2, 0.25) is 0 Å². The minimum absolute atomic E-state index is 0.406. The number of alkyl halides is 1. The molecule has 0 unspecified atom stereocenters. The van der Waals surface area contributed by atoms with Crippen LogP contribution in [-0.4, -0.2) is 60.3 Å². The second kappa shape index (κ2) is 10.6. The number of ether oxygens (including phenoxy) is 1. The predicted molar refractivity (Wildman–Crippen MR) is 122 cm³/mol. The fourth-order valence-electron chi connectivity index (χ4n) is 3.87. The van der Waals surface area contributed by atoms with E-state index in [0.717, 1.165) is 42.8 Å². The average molecular weight is 443 g/mol. The molecular weight excluding hydrogens is 411 g/mol. The number of piperidine rings is 1. The minimum Gasteiger partial charge on any atom is -0.493 e. The van der Waals surface area contributed by atoms with Crippen molar-refractivity contribution in [3.63, 3.8) is 0 Å². The Balaban J connectivity index is 1.47. The number of amides is 1. The van der Waals surface area contributed by atoms with Crippen molar-refractivity contribution in [2.45, 2.75) is 32.4 Å². The highest BCUT2D eigenvalue weighted by Crippen LogP contribution is 2.25. The molecule has 0 aromatic heterocycles. The molecule has 1 saturated heterocycles. The summed E-state index contributed by atoms with van der Waals surface area (Å²) in [7, 11) is 0. The molecule has 172 valence electrons. The Morgan fingerprint density at radius 1 is 1.06 bits per heavy atom. The Hall–Kier alpha value is -2.93. The standard InChI is InChI=1S/C25H31FN2O4/c1-25(2,26)17-28-13-11-18(12-14-28)16-32-22-9-7-20(8-10-22)19-3-5-21(6-4-19)24(31)27-15-23(29)30/h3-10,18H,11-17H2,1-2H3,(H,27,31)(H,29,30). The number of hydrogen-bond donors (Lipinski definition) is 2. The van der Waals surface area contributed by atoms with Crippen molar-refractivity contribution in [2.24, 2.45) is 5.92 Å². The molecule has 32 heavy (non-hydrogen) atoms. The summed E-state index contributed by atoms with van der Waals surface area (Å²) in [4.78, 5) is 24.7.